The fourth-order valence-corrected chi connectivity index (χ4v) is 9.87. The van der Waals surface area contributed by atoms with Crippen molar-refractivity contribution >= 4 is 83.6 Å². The van der Waals surface area contributed by atoms with Crippen LogP contribution in [0.2, 0.25) is 0 Å². The van der Waals surface area contributed by atoms with Gasteiger partial charge < -0.3 is 28.7 Å². The fourth-order valence-electron chi connectivity index (χ4n) is 9.87. The topological polar surface area (TPSA) is 259 Å². The summed E-state index contributed by atoms with van der Waals surface area (Å²) in [4.78, 5) is 46.2. The van der Waals surface area contributed by atoms with Gasteiger partial charge in [0.2, 0.25) is 0 Å². The highest BCUT2D eigenvalue weighted by Gasteiger charge is 2.17. The van der Waals surface area contributed by atoms with E-state index < -0.39 is 0 Å². The molecule has 11 rings (SSSR count). The zero-order valence-electron chi connectivity index (χ0n) is 54.2. The monoisotopic (exact) mass is 1190 g/mol. The molecule has 0 saturated carbocycles. The van der Waals surface area contributed by atoms with Crippen LogP contribution < -0.4 is 28.7 Å². The first-order valence-corrected chi connectivity index (χ1v) is 32.2. The minimum absolute atomic E-state index is 0.0196. The van der Waals surface area contributed by atoms with Crippen LogP contribution >= 0.6 is 0 Å². The average Bonchev–Trinajstić information content (AvgIpc) is 2.98. The molecule has 0 amide bonds. The van der Waals surface area contributed by atoms with Gasteiger partial charge in [0.1, 0.15) is 0 Å². The Balaban J connectivity index is 0.000000160. The van der Waals surface area contributed by atoms with Gasteiger partial charge in [-0.2, -0.15) is 0 Å². The van der Waals surface area contributed by atoms with Crippen LogP contribution in [-0.4, -0.2) is 49.8 Å². The van der Waals surface area contributed by atoms with Crippen molar-refractivity contribution in [1.82, 2.24) is 49.8 Å². The van der Waals surface area contributed by atoms with Crippen molar-refractivity contribution < 1.29 is 0 Å². The molecule has 1 unspecified atom stereocenters. The lowest BCUT2D eigenvalue weighted by molar-refractivity contribution is 0.568. The lowest BCUT2D eigenvalue weighted by Gasteiger charge is -2.17. The number of nitrogens with two attached hydrogens (primary N) is 5. The summed E-state index contributed by atoms with van der Waals surface area (Å²) in [6.07, 6.45) is 25.5. The molecule has 0 aliphatic rings. The number of nitrogen functional groups attached to an aromatic ring is 5. The Labute approximate surface area is 527 Å². The van der Waals surface area contributed by atoms with Crippen LogP contribution in [0.5, 0.6) is 0 Å². The number of aryl methyl sites for hydroxylation is 4. The van der Waals surface area contributed by atoms with E-state index in [9.17, 15) is 0 Å². The van der Waals surface area contributed by atoms with Crippen LogP contribution in [0.25, 0.3) is 66.4 Å². The molecule has 5 aromatic heterocycles. The van der Waals surface area contributed by atoms with Gasteiger partial charge in [0.15, 0.2) is 0 Å². The number of unbranched alkanes of at least 4 members (excludes halogenated alkanes) is 8. The van der Waals surface area contributed by atoms with E-state index in [1.165, 1.54) is 99.8 Å². The molecule has 10 N–H and O–H groups in total. The predicted molar refractivity (Wildman–Crippen MR) is 376 cm³/mol. The lowest BCUT2D eigenvalue weighted by atomic mass is 9.92. The maximum atomic E-state index is 5.86. The molecule has 15 nitrogen and oxygen atoms in total. The molecule has 0 aliphatic heterocycles. The van der Waals surface area contributed by atoms with E-state index in [2.05, 4.69) is 92.2 Å². The number of rotatable bonds is 19. The number of anilines is 5. The molecule has 11 aromatic rings. The van der Waals surface area contributed by atoms with Gasteiger partial charge in [-0.05, 0) is 155 Å². The first kappa shape index (κ1) is 67.5. The molecular formula is C74H95N15. The lowest BCUT2D eigenvalue weighted by Crippen LogP contribution is -2.13. The zero-order valence-corrected chi connectivity index (χ0v) is 54.2. The van der Waals surface area contributed by atoms with Crippen LogP contribution in [0.4, 0.5) is 28.4 Å². The highest BCUT2D eigenvalue weighted by Crippen LogP contribution is 2.26. The van der Waals surface area contributed by atoms with E-state index in [0.29, 0.717) is 11.6 Å². The number of hydrogen-bond donors (Lipinski definition) is 5. The van der Waals surface area contributed by atoms with Gasteiger partial charge in [-0.1, -0.05) is 144 Å². The minimum Gasteiger partial charge on any atom is -0.399 e. The van der Waals surface area contributed by atoms with Crippen molar-refractivity contribution in [3.8, 4) is 11.3 Å². The number of aromatic nitrogens is 10. The van der Waals surface area contributed by atoms with Gasteiger partial charge in [-0.25, -0.2) is 34.9 Å². The van der Waals surface area contributed by atoms with Crippen LogP contribution in [0.1, 0.15) is 186 Å². The Hall–Kier alpha value is -8.98. The normalized spacial score (nSPS) is 11.5. The van der Waals surface area contributed by atoms with Crippen LogP contribution in [0.3, 0.4) is 0 Å². The zero-order chi connectivity index (χ0) is 63.7. The number of fused-ring (bicyclic) bond motifs is 5. The highest BCUT2D eigenvalue weighted by atomic mass is 14.9. The average molecular weight is 1190 g/mol. The predicted octanol–water partition coefficient (Wildman–Crippen LogP) is 17.5. The SMILES string of the molecule is CC(C)(C)c1cnc2ccc(N)cc2n1.CCC(C)c1cnc2ccc(N)cc2n1.CCCCCCc1nc2cc(N)ccc2nc1CCCC.CCCCCCc1nc2ccc(N)cc2nc1CCCC.Nc1ccc2ncc(-c3ccccc3)nc2c1. The van der Waals surface area contributed by atoms with E-state index in [-0.39, 0.29) is 5.41 Å². The van der Waals surface area contributed by atoms with Gasteiger partial charge in [-0.3, -0.25) is 15.0 Å². The maximum Gasteiger partial charge on any atom is 0.0914 e. The fraction of sp³-hybridized carbons (Fsp3) is 0.378. The third-order valence-electron chi connectivity index (χ3n) is 15.4. The Morgan fingerprint density at radius 2 is 0.708 bits per heavy atom. The van der Waals surface area contributed by atoms with Gasteiger partial charge in [0, 0.05) is 51.8 Å². The molecule has 0 fully saturated rings. The molecular weight excluding hydrogens is 1100 g/mol. The minimum atomic E-state index is 0.0196. The summed E-state index contributed by atoms with van der Waals surface area (Å²) >= 11 is 0. The number of nitrogens with zero attached hydrogens (tertiary/aromatic N) is 10. The van der Waals surface area contributed by atoms with Gasteiger partial charge in [0.05, 0.1) is 101 Å². The standard InChI is InChI=1S/2C18H27N3.C14H11N3.2C12H15N3/c1-3-5-7-8-10-16-15(9-6-4-2)21-18-13-14(19)11-12-17(18)20-16;1-3-5-7-8-10-16-15(9-6-4-2)20-17-12-11-14(19)13-18(17)21-16;15-11-6-7-12-13(8-11)17-14(9-16-12)10-4-2-1-3-5-10;1-12(2,3)11-7-14-9-5-4-8(13)6-10(9)15-11;1-3-8(2)12-7-14-10-5-4-9(13)6-11(10)15-12/h2*11-13H,3-10,19H2,1-2H3;1-9H,15H2;4-7H,13H2,1-3H3;4-8H,3,13H2,1-2H3. The van der Waals surface area contributed by atoms with Crippen molar-refractivity contribution in [3.05, 3.63) is 174 Å². The van der Waals surface area contributed by atoms with Crippen LogP contribution in [0.15, 0.2) is 140 Å². The van der Waals surface area contributed by atoms with Gasteiger partial charge in [0.25, 0.3) is 0 Å². The van der Waals surface area contributed by atoms with E-state index >= 15 is 0 Å². The summed E-state index contributed by atoms with van der Waals surface area (Å²) in [6, 6.07) is 38.4. The molecule has 15 heteroatoms. The Morgan fingerprint density at radius 3 is 1.12 bits per heavy atom. The largest absolute Gasteiger partial charge is 0.399 e. The summed E-state index contributed by atoms with van der Waals surface area (Å²) in [5.41, 5.74) is 50.3. The van der Waals surface area contributed by atoms with Gasteiger partial charge in [-0.15, -0.1) is 0 Å². The summed E-state index contributed by atoms with van der Waals surface area (Å²) in [5.74, 6) is 0.448. The van der Waals surface area contributed by atoms with Crippen molar-refractivity contribution in [2.75, 3.05) is 28.7 Å². The Kier molecular flexibility index (Phi) is 25.8. The van der Waals surface area contributed by atoms with E-state index in [1.807, 2.05) is 134 Å². The summed E-state index contributed by atoms with van der Waals surface area (Å²) in [7, 11) is 0. The van der Waals surface area contributed by atoms with Crippen molar-refractivity contribution in [2.45, 2.75) is 183 Å². The highest BCUT2D eigenvalue weighted by molar-refractivity contribution is 5.82. The molecule has 0 saturated heterocycles. The Bertz CT molecular complexity index is 3990. The first-order valence-electron chi connectivity index (χ1n) is 32.2. The molecule has 0 bridgehead atoms. The molecule has 0 spiro atoms. The van der Waals surface area contributed by atoms with E-state index in [4.69, 9.17) is 48.6 Å². The number of benzene rings is 6. The second-order valence-electron chi connectivity index (χ2n) is 24.0. The number of hydrogen-bond acceptors (Lipinski definition) is 15. The van der Waals surface area contributed by atoms with Gasteiger partial charge >= 0.3 is 0 Å². The molecule has 0 aliphatic carbocycles. The van der Waals surface area contributed by atoms with E-state index in [1.54, 1.807) is 6.20 Å². The first-order chi connectivity index (χ1) is 43.0. The molecule has 5 heterocycles. The third kappa shape index (κ3) is 20.6. The van der Waals surface area contributed by atoms with Crippen LogP contribution in [0, 0.1) is 0 Å². The van der Waals surface area contributed by atoms with Crippen molar-refractivity contribution in [2.24, 2.45) is 0 Å². The molecule has 6 aromatic carbocycles. The maximum absolute atomic E-state index is 5.86. The summed E-state index contributed by atoms with van der Waals surface area (Å²) in [5, 5.41) is 0. The third-order valence-corrected chi connectivity index (χ3v) is 15.4. The molecule has 89 heavy (non-hydrogen) atoms. The quantitative estimate of drug-likeness (QED) is 0.0372. The summed E-state index contributed by atoms with van der Waals surface area (Å²) < 4.78 is 0. The second kappa shape index (κ2) is 34.0. The molecule has 1 atom stereocenters. The van der Waals surface area contributed by atoms with Crippen molar-refractivity contribution in [1.29, 1.82) is 0 Å². The molecule has 0 radical (unpaired) electrons. The molecule has 466 valence electrons. The van der Waals surface area contributed by atoms with Crippen molar-refractivity contribution in [3.63, 3.8) is 0 Å². The smallest absolute Gasteiger partial charge is 0.0914 e. The van der Waals surface area contributed by atoms with Crippen LogP contribution in [-0.2, 0) is 31.1 Å². The second-order valence-corrected chi connectivity index (χ2v) is 24.0. The van der Waals surface area contributed by atoms with E-state index in [0.717, 1.165) is 133 Å². The Morgan fingerprint density at radius 1 is 0.348 bits per heavy atom. The summed E-state index contributed by atoms with van der Waals surface area (Å²) in [6.45, 7) is 19.6.